The van der Waals surface area contributed by atoms with Crippen molar-refractivity contribution in [2.45, 2.75) is 39.3 Å². The lowest BCUT2D eigenvalue weighted by molar-refractivity contribution is -0.141. The van der Waals surface area contributed by atoms with E-state index in [0.717, 1.165) is 0 Å². The van der Waals surface area contributed by atoms with Crippen LogP contribution < -0.4 is 9.47 Å². The number of nitrogens with zero attached hydrogens (tertiary/aromatic N) is 1. The van der Waals surface area contributed by atoms with Gasteiger partial charge in [-0.25, -0.2) is 13.2 Å². The van der Waals surface area contributed by atoms with E-state index in [1.807, 2.05) is 6.92 Å². The highest BCUT2D eigenvalue weighted by Gasteiger charge is 2.36. The number of esters is 1. The molecule has 9 heteroatoms. The summed E-state index contributed by atoms with van der Waals surface area (Å²) in [7, 11) is -1.62. The van der Waals surface area contributed by atoms with E-state index in [0.29, 0.717) is 31.1 Å². The molecule has 1 heterocycles. The van der Waals surface area contributed by atoms with Crippen LogP contribution in [0.25, 0.3) is 0 Å². The first-order chi connectivity index (χ1) is 13.2. The fourth-order valence-electron chi connectivity index (χ4n) is 3.20. The second-order valence-electron chi connectivity index (χ2n) is 6.53. The van der Waals surface area contributed by atoms with E-state index in [-0.39, 0.29) is 23.1 Å². The lowest BCUT2D eigenvalue weighted by Crippen LogP contribution is -2.46. The molecule has 1 aliphatic heterocycles. The Morgan fingerprint density at radius 2 is 1.96 bits per heavy atom. The van der Waals surface area contributed by atoms with E-state index in [1.165, 1.54) is 31.1 Å². The van der Waals surface area contributed by atoms with Gasteiger partial charge < -0.3 is 19.1 Å². The van der Waals surface area contributed by atoms with E-state index in [1.54, 1.807) is 13.0 Å². The summed E-state index contributed by atoms with van der Waals surface area (Å²) in [6, 6.07) is 4.25. The zero-order valence-electron chi connectivity index (χ0n) is 16.6. The third-order valence-corrected chi connectivity index (χ3v) is 6.35. The second kappa shape index (κ2) is 9.27. The number of benzene rings is 1. The molecule has 0 saturated carbocycles. The Labute approximate surface area is 165 Å². The fourth-order valence-corrected chi connectivity index (χ4v) is 4.93. The van der Waals surface area contributed by atoms with Crippen LogP contribution in [0.2, 0.25) is 0 Å². The van der Waals surface area contributed by atoms with Gasteiger partial charge in [-0.2, -0.15) is 0 Å². The normalized spacial score (nSPS) is 18.9. The van der Waals surface area contributed by atoms with Gasteiger partial charge in [0.15, 0.2) is 27.4 Å². The number of rotatable bonds is 8. The summed E-state index contributed by atoms with van der Waals surface area (Å²) >= 11 is 0. The maximum Gasteiger partial charge on any atom is 0.339 e. The third kappa shape index (κ3) is 5.15. The van der Waals surface area contributed by atoms with Crippen molar-refractivity contribution in [3.8, 4) is 11.5 Å². The average molecular weight is 413 g/mol. The lowest BCUT2D eigenvalue weighted by Gasteiger charge is -2.29. The standard InChI is InChI=1S/C19H27NO7S/c1-5-20(15-9-10-28(23,24)12-15)18(21)13(3)27-19(22)14-7-8-16(25-4)17(11-14)26-6-2/h7-8,11,13,15H,5-6,9-10,12H2,1-4H3/t13-,15-/m1/s1. The maximum absolute atomic E-state index is 12.7. The van der Waals surface area contributed by atoms with Gasteiger partial charge in [0.2, 0.25) is 0 Å². The van der Waals surface area contributed by atoms with Crippen molar-refractivity contribution in [2.75, 3.05) is 31.8 Å². The molecular formula is C19H27NO7S. The highest BCUT2D eigenvalue weighted by Crippen LogP contribution is 2.28. The molecule has 0 unspecified atom stereocenters. The Balaban J connectivity index is 2.08. The van der Waals surface area contributed by atoms with Crippen LogP contribution in [0, 0.1) is 0 Å². The van der Waals surface area contributed by atoms with Crippen LogP contribution in [-0.4, -0.2) is 69.1 Å². The SMILES string of the molecule is CCOc1cc(C(=O)O[C@H](C)C(=O)N(CC)[C@@H]2CCS(=O)(=O)C2)ccc1OC. The number of amides is 1. The largest absolute Gasteiger partial charge is 0.493 e. The first-order valence-electron chi connectivity index (χ1n) is 9.25. The molecule has 156 valence electrons. The third-order valence-electron chi connectivity index (χ3n) is 4.60. The van der Waals surface area contributed by atoms with Crippen molar-refractivity contribution < 1.29 is 32.2 Å². The minimum Gasteiger partial charge on any atom is -0.493 e. The Bertz CT molecular complexity index is 822. The number of ether oxygens (including phenoxy) is 3. The number of hydrogen-bond acceptors (Lipinski definition) is 7. The van der Waals surface area contributed by atoms with Crippen LogP contribution in [0.15, 0.2) is 18.2 Å². The second-order valence-corrected chi connectivity index (χ2v) is 8.76. The molecule has 1 aliphatic rings. The Hall–Kier alpha value is -2.29. The molecule has 1 saturated heterocycles. The minimum absolute atomic E-state index is 0.0521. The van der Waals surface area contributed by atoms with Gasteiger partial charge in [-0.05, 0) is 45.4 Å². The zero-order valence-corrected chi connectivity index (χ0v) is 17.5. The molecule has 0 radical (unpaired) electrons. The van der Waals surface area contributed by atoms with Gasteiger partial charge in [0.05, 0.1) is 30.8 Å². The summed E-state index contributed by atoms with van der Waals surface area (Å²) in [6.45, 7) is 5.82. The molecule has 2 rings (SSSR count). The number of carbonyl (C=O) groups is 2. The first-order valence-corrected chi connectivity index (χ1v) is 11.1. The maximum atomic E-state index is 12.7. The van der Waals surface area contributed by atoms with Crippen LogP contribution in [-0.2, 0) is 19.4 Å². The van der Waals surface area contributed by atoms with Gasteiger partial charge in [-0.15, -0.1) is 0 Å². The van der Waals surface area contributed by atoms with Gasteiger partial charge in [0, 0.05) is 12.6 Å². The van der Waals surface area contributed by atoms with Crippen LogP contribution >= 0.6 is 0 Å². The van der Waals surface area contributed by atoms with Crippen LogP contribution in [0.5, 0.6) is 11.5 Å². The van der Waals surface area contributed by atoms with E-state index < -0.39 is 27.8 Å². The summed E-state index contributed by atoms with van der Waals surface area (Å²) in [4.78, 5) is 26.7. The van der Waals surface area contributed by atoms with E-state index >= 15 is 0 Å². The number of sulfone groups is 1. The minimum atomic E-state index is -3.12. The van der Waals surface area contributed by atoms with Gasteiger partial charge in [-0.3, -0.25) is 4.79 Å². The van der Waals surface area contributed by atoms with E-state index in [9.17, 15) is 18.0 Å². The zero-order chi connectivity index (χ0) is 20.9. The molecular weight excluding hydrogens is 386 g/mol. The number of likely N-dealkylation sites (N-methyl/N-ethyl adjacent to an activating group) is 1. The Kier molecular flexibility index (Phi) is 7.29. The molecule has 28 heavy (non-hydrogen) atoms. The van der Waals surface area contributed by atoms with Crippen LogP contribution in [0.3, 0.4) is 0 Å². The monoisotopic (exact) mass is 413 g/mol. The van der Waals surface area contributed by atoms with Gasteiger partial charge in [0.25, 0.3) is 5.91 Å². The van der Waals surface area contributed by atoms with Crippen molar-refractivity contribution >= 4 is 21.7 Å². The quantitative estimate of drug-likeness (QED) is 0.598. The van der Waals surface area contributed by atoms with Crippen molar-refractivity contribution in [3.05, 3.63) is 23.8 Å². The molecule has 2 atom stereocenters. The van der Waals surface area contributed by atoms with Crippen molar-refractivity contribution in [1.82, 2.24) is 4.90 Å². The number of hydrogen-bond donors (Lipinski definition) is 0. The number of carbonyl (C=O) groups excluding carboxylic acids is 2. The summed E-state index contributed by atoms with van der Waals surface area (Å²) in [6.07, 6.45) is -0.632. The molecule has 1 aromatic rings. The van der Waals surface area contributed by atoms with Gasteiger partial charge in [0.1, 0.15) is 0 Å². The molecule has 0 aliphatic carbocycles. The smallest absolute Gasteiger partial charge is 0.339 e. The van der Waals surface area contributed by atoms with Crippen molar-refractivity contribution in [3.63, 3.8) is 0 Å². The lowest BCUT2D eigenvalue weighted by atomic mass is 10.2. The van der Waals surface area contributed by atoms with Crippen LogP contribution in [0.1, 0.15) is 37.6 Å². The Morgan fingerprint density at radius 1 is 1.25 bits per heavy atom. The molecule has 1 amide bonds. The van der Waals surface area contributed by atoms with Crippen molar-refractivity contribution in [2.24, 2.45) is 0 Å². The fraction of sp³-hybridized carbons (Fsp3) is 0.579. The predicted molar refractivity (Wildman–Crippen MR) is 103 cm³/mol. The van der Waals surface area contributed by atoms with Gasteiger partial charge in [-0.1, -0.05) is 0 Å². The van der Waals surface area contributed by atoms with Gasteiger partial charge >= 0.3 is 5.97 Å². The summed E-state index contributed by atoms with van der Waals surface area (Å²) < 4.78 is 39.4. The predicted octanol–water partition coefficient (Wildman–Crippen LogP) is 1.67. The molecule has 0 bridgehead atoms. The molecule has 1 fully saturated rings. The topological polar surface area (TPSA) is 99.2 Å². The van der Waals surface area contributed by atoms with E-state index in [4.69, 9.17) is 14.2 Å². The molecule has 0 aromatic heterocycles. The summed E-state index contributed by atoms with van der Waals surface area (Å²) in [5, 5.41) is 0. The van der Waals surface area contributed by atoms with E-state index in [2.05, 4.69) is 0 Å². The number of methoxy groups -OCH3 is 1. The molecule has 1 aromatic carbocycles. The molecule has 0 N–H and O–H groups in total. The van der Waals surface area contributed by atoms with Crippen LogP contribution in [0.4, 0.5) is 0 Å². The summed E-state index contributed by atoms with van der Waals surface area (Å²) in [5.74, 6) is -0.159. The Morgan fingerprint density at radius 3 is 2.50 bits per heavy atom. The average Bonchev–Trinajstić information content (AvgIpc) is 3.01. The highest BCUT2D eigenvalue weighted by molar-refractivity contribution is 7.91. The highest BCUT2D eigenvalue weighted by atomic mass is 32.2. The first kappa shape index (κ1) is 22.0. The molecule has 0 spiro atoms. The summed E-state index contributed by atoms with van der Waals surface area (Å²) in [5.41, 5.74) is 0.232. The molecule has 8 nitrogen and oxygen atoms in total. The van der Waals surface area contributed by atoms with Crippen molar-refractivity contribution in [1.29, 1.82) is 0 Å².